The maximum absolute atomic E-state index is 12.2. The molecule has 1 saturated carbocycles. The summed E-state index contributed by atoms with van der Waals surface area (Å²) in [6, 6.07) is 0. The first-order valence-electron chi connectivity index (χ1n) is 6.41. The molecule has 1 aliphatic heterocycles. The van der Waals surface area contributed by atoms with Crippen LogP contribution in [0, 0.1) is 11.8 Å². The molecule has 0 bridgehead atoms. The highest BCUT2D eigenvalue weighted by atomic mass is 16.4. The lowest BCUT2D eigenvalue weighted by atomic mass is 10.0. The van der Waals surface area contributed by atoms with Gasteiger partial charge >= 0.3 is 5.97 Å². The third kappa shape index (κ3) is 2.97. The fraction of sp³-hybridized carbons (Fsp3) is 0.833. The fourth-order valence-corrected chi connectivity index (χ4v) is 2.75. The van der Waals surface area contributed by atoms with E-state index in [-0.39, 0.29) is 17.7 Å². The maximum atomic E-state index is 12.2. The first kappa shape index (κ1) is 12.4. The summed E-state index contributed by atoms with van der Waals surface area (Å²) in [4.78, 5) is 25.0. The molecule has 2 fully saturated rings. The van der Waals surface area contributed by atoms with E-state index in [1.165, 1.54) is 0 Å². The molecule has 2 rings (SSSR count). The van der Waals surface area contributed by atoms with Crippen molar-refractivity contribution < 1.29 is 14.7 Å². The van der Waals surface area contributed by atoms with Crippen molar-refractivity contribution in [2.24, 2.45) is 11.8 Å². The minimum Gasteiger partial charge on any atom is -0.481 e. The average Bonchev–Trinajstić information content (AvgIpc) is 2.65. The molecule has 2 aliphatic rings. The number of rotatable bonds is 2. The van der Waals surface area contributed by atoms with E-state index >= 15 is 0 Å². The maximum Gasteiger partial charge on any atom is 0.306 e. The number of nitrogens with one attached hydrogen (secondary N) is 1. The Morgan fingerprint density at radius 2 is 1.88 bits per heavy atom. The van der Waals surface area contributed by atoms with Gasteiger partial charge in [0.05, 0.1) is 5.92 Å². The van der Waals surface area contributed by atoms with E-state index in [4.69, 9.17) is 5.11 Å². The van der Waals surface area contributed by atoms with Crippen molar-refractivity contribution in [3.8, 4) is 0 Å². The molecule has 2 atom stereocenters. The normalized spacial score (nSPS) is 30.0. The van der Waals surface area contributed by atoms with Gasteiger partial charge in [-0.1, -0.05) is 0 Å². The zero-order valence-corrected chi connectivity index (χ0v) is 10.0. The molecule has 96 valence electrons. The van der Waals surface area contributed by atoms with E-state index in [9.17, 15) is 9.59 Å². The van der Waals surface area contributed by atoms with Crippen LogP contribution in [-0.4, -0.2) is 48.1 Å². The van der Waals surface area contributed by atoms with Crippen LogP contribution in [0.3, 0.4) is 0 Å². The van der Waals surface area contributed by atoms with Gasteiger partial charge in [-0.25, -0.2) is 0 Å². The Hall–Kier alpha value is -1.10. The lowest BCUT2D eigenvalue weighted by Gasteiger charge is -2.23. The number of carbonyl (C=O) groups is 2. The van der Waals surface area contributed by atoms with E-state index in [1.54, 1.807) is 0 Å². The highest BCUT2D eigenvalue weighted by Crippen LogP contribution is 2.32. The Morgan fingerprint density at radius 3 is 2.59 bits per heavy atom. The molecule has 1 saturated heterocycles. The Labute approximate surface area is 101 Å². The number of carboxylic acid groups (broad SMARTS) is 1. The minimum absolute atomic E-state index is 0.0609. The first-order valence-corrected chi connectivity index (χ1v) is 6.41. The molecule has 0 aromatic rings. The average molecular weight is 240 g/mol. The topological polar surface area (TPSA) is 69.6 Å². The molecule has 5 nitrogen and oxygen atoms in total. The quantitative estimate of drug-likeness (QED) is 0.729. The van der Waals surface area contributed by atoms with Gasteiger partial charge in [0.2, 0.25) is 5.91 Å². The Balaban J connectivity index is 1.89. The summed E-state index contributed by atoms with van der Waals surface area (Å²) in [5, 5.41) is 12.2. The van der Waals surface area contributed by atoms with E-state index in [2.05, 4.69) is 5.32 Å². The molecule has 2 N–H and O–H groups in total. The number of hydrogen-bond acceptors (Lipinski definition) is 3. The van der Waals surface area contributed by atoms with Crippen LogP contribution in [-0.2, 0) is 9.59 Å². The summed E-state index contributed by atoms with van der Waals surface area (Å²) in [5.41, 5.74) is 0. The smallest absolute Gasteiger partial charge is 0.306 e. The summed E-state index contributed by atoms with van der Waals surface area (Å²) >= 11 is 0. The van der Waals surface area contributed by atoms with Crippen molar-refractivity contribution in [2.45, 2.75) is 25.7 Å². The van der Waals surface area contributed by atoms with Crippen molar-refractivity contribution in [1.82, 2.24) is 10.2 Å². The summed E-state index contributed by atoms with van der Waals surface area (Å²) in [6.45, 7) is 3.38. The van der Waals surface area contributed by atoms with Gasteiger partial charge in [-0.2, -0.15) is 0 Å². The predicted octanol–water partition coefficient (Wildman–Crippen LogP) is 0.309. The standard InChI is InChI=1S/C12H20N2O3/c15-11(14-6-1-4-13-5-7-14)9-2-3-10(8-9)12(16)17/h9-10,13H,1-8H2,(H,16,17). The second-order valence-corrected chi connectivity index (χ2v) is 4.97. The zero-order chi connectivity index (χ0) is 12.3. The number of hydrogen-bond donors (Lipinski definition) is 2. The monoisotopic (exact) mass is 240 g/mol. The third-order valence-corrected chi connectivity index (χ3v) is 3.78. The van der Waals surface area contributed by atoms with E-state index in [0.717, 1.165) is 39.0 Å². The molecule has 0 aromatic heterocycles. The van der Waals surface area contributed by atoms with Crippen LogP contribution < -0.4 is 5.32 Å². The van der Waals surface area contributed by atoms with E-state index in [0.29, 0.717) is 12.8 Å². The number of amides is 1. The van der Waals surface area contributed by atoms with Crippen LogP contribution in [0.2, 0.25) is 0 Å². The molecule has 0 aromatic carbocycles. The Kier molecular flexibility index (Phi) is 3.99. The molecule has 1 heterocycles. The zero-order valence-electron chi connectivity index (χ0n) is 10.0. The van der Waals surface area contributed by atoms with Crippen LogP contribution in [0.5, 0.6) is 0 Å². The second-order valence-electron chi connectivity index (χ2n) is 4.97. The molecule has 1 aliphatic carbocycles. The van der Waals surface area contributed by atoms with Gasteiger partial charge < -0.3 is 15.3 Å². The lowest BCUT2D eigenvalue weighted by Crippen LogP contribution is -2.38. The van der Waals surface area contributed by atoms with Crippen LogP contribution >= 0.6 is 0 Å². The SMILES string of the molecule is O=C(O)C1CCC(C(=O)N2CCCNCC2)C1. The highest BCUT2D eigenvalue weighted by Gasteiger charge is 2.35. The van der Waals surface area contributed by atoms with Crippen molar-refractivity contribution in [3.63, 3.8) is 0 Å². The predicted molar refractivity (Wildman–Crippen MR) is 62.5 cm³/mol. The summed E-state index contributed by atoms with van der Waals surface area (Å²) in [5.74, 6) is -0.960. The third-order valence-electron chi connectivity index (χ3n) is 3.78. The Morgan fingerprint density at radius 1 is 1.12 bits per heavy atom. The minimum atomic E-state index is -0.752. The molecule has 1 amide bonds. The number of carbonyl (C=O) groups excluding carboxylic acids is 1. The van der Waals surface area contributed by atoms with Crippen LogP contribution in [0.15, 0.2) is 0 Å². The van der Waals surface area contributed by atoms with Gasteiger partial charge in [-0.05, 0) is 32.2 Å². The van der Waals surface area contributed by atoms with Crippen molar-refractivity contribution in [1.29, 1.82) is 0 Å². The van der Waals surface area contributed by atoms with Crippen molar-refractivity contribution in [2.75, 3.05) is 26.2 Å². The van der Waals surface area contributed by atoms with Gasteiger partial charge in [0, 0.05) is 25.6 Å². The molecule has 0 radical (unpaired) electrons. The fourth-order valence-electron chi connectivity index (χ4n) is 2.75. The Bertz CT molecular complexity index is 298. The number of aliphatic carboxylic acids is 1. The van der Waals surface area contributed by atoms with Crippen molar-refractivity contribution in [3.05, 3.63) is 0 Å². The van der Waals surface area contributed by atoms with Gasteiger partial charge in [0.25, 0.3) is 0 Å². The van der Waals surface area contributed by atoms with E-state index in [1.807, 2.05) is 4.90 Å². The summed E-state index contributed by atoms with van der Waals surface area (Å²) in [7, 11) is 0. The number of nitrogens with zero attached hydrogens (tertiary/aromatic N) is 1. The van der Waals surface area contributed by atoms with Gasteiger partial charge in [0.1, 0.15) is 0 Å². The molecule has 0 spiro atoms. The summed E-state index contributed by atoms with van der Waals surface area (Å²) < 4.78 is 0. The van der Waals surface area contributed by atoms with Gasteiger partial charge in [-0.15, -0.1) is 0 Å². The van der Waals surface area contributed by atoms with Crippen LogP contribution in [0.25, 0.3) is 0 Å². The first-order chi connectivity index (χ1) is 8.18. The van der Waals surface area contributed by atoms with Crippen LogP contribution in [0.4, 0.5) is 0 Å². The molecule has 2 unspecified atom stereocenters. The molecular weight excluding hydrogens is 220 g/mol. The van der Waals surface area contributed by atoms with Crippen LogP contribution in [0.1, 0.15) is 25.7 Å². The largest absolute Gasteiger partial charge is 0.481 e. The second kappa shape index (κ2) is 5.49. The highest BCUT2D eigenvalue weighted by molar-refractivity contribution is 5.81. The molecular formula is C12H20N2O3. The molecule has 17 heavy (non-hydrogen) atoms. The van der Waals surface area contributed by atoms with Crippen molar-refractivity contribution >= 4 is 11.9 Å². The van der Waals surface area contributed by atoms with Gasteiger partial charge in [-0.3, -0.25) is 9.59 Å². The van der Waals surface area contributed by atoms with Gasteiger partial charge in [0.15, 0.2) is 0 Å². The summed E-state index contributed by atoms with van der Waals surface area (Å²) in [6.07, 6.45) is 2.90. The van der Waals surface area contributed by atoms with E-state index < -0.39 is 5.97 Å². The number of carboxylic acids is 1. The lowest BCUT2D eigenvalue weighted by molar-refractivity contribution is -0.141. The molecule has 5 heteroatoms.